The third-order valence-corrected chi connectivity index (χ3v) is 5.04. The molecule has 2 heterocycles. The lowest BCUT2D eigenvalue weighted by Gasteiger charge is -2.17. The van der Waals surface area contributed by atoms with Gasteiger partial charge in [-0.3, -0.25) is 4.79 Å². The number of para-hydroxylation sites is 1. The van der Waals surface area contributed by atoms with Gasteiger partial charge in [-0.15, -0.1) is 0 Å². The van der Waals surface area contributed by atoms with E-state index in [1.54, 1.807) is 18.1 Å². The Morgan fingerprint density at radius 2 is 2.00 bits per heavy atom. The van der Waals surface area contributed by atoms with E-state index in [4.69, 9.17) is 4.74 Å². The summed E-state index contributed by atoms with van der Waals surface area (Å²) in [5.41, 5.74) is 3.76. The van der Waals surface area contributed by atoms with E-state index in [0.29, 0.717) is 30.4 Å². The van der Waals surface area contributed by atoms with Crippen molar-refractivity contribution >= 4 is 17.4 Å². The molecule has 148 valence electrons. The summed E-state index contributed by atoms with van der Waals surface area (Å²) in [6.07, 6.45) is 1.70. The van der Waals surface area contributed by atoms with Crippen LogP contribution in [-0.2, 0) is 12.8 Å². The predicted octanol–water partition coefficient (Wildman–Crippen LogP) is 3.65. The number of benzene rings is 2. The van der Waals surface area contributed by atoms with Crippen LogP contribution in [0, 0.1) is 6.92 Å². The van der Waals surface area contributed by atoms with Crippen molar-refractivity contribution in [2.75, 3.05) is 30.4 Å². The van der Waals surface area contributed by atoms with Gasteiger partial charge in [-0.25, -0.2) is 9.97 Å². The van der Waals surface area contributed by atoms with Crippen LogP contribution in [0.2, 0.25) is 0 Å². The van der Waals surface area contributed by atoms with Crippen LogP contribution in [0.3, 0.4) is 0 Å². The van der Waals surface area contributed by atoms with Gasteiger partial charge in [0, 0.05) is 24.8 Å². The van der Waals surface area contributed by atoms with Gasteiger partial charge < -0.3 is 15.0 Å². The van der Waals surface area contributed by atoms with Gasteiger partial charge >= 0.3 is 0 Å². The standard InChI is InChI=1S/C23H24N4O2/c1-16-25-20(23(28)27-13-11-18-7-3-4-9-21(18)27)15-22(26-16)24-12-10-17-6-5-8-19(14-17)29-2/h3-9,14-15H,10-13H2,1-2H3,(H,24,25,26). The number of nitrogens with one attached hydrogen (secondary N) is 1. The number of carbonyl (C=O) groups is 1. The molecule has 6 nitrogen and oxygen atoms in total. The van der Waals surface area contributed by atoms with Crippen molar-refractivity contribution < 1.29 is 9.53 Å². The van der Waals surface area contributed by atoms with E-state index >= 15 is 0 Å². The van der Waals surface area contributed by atoms with Crippen molar-refractivity contribution in [3.63, 3.8) is 0 Å². The summed E-state index contributed by atoms with van der Waals surface area (Å²) in [7, 11) is 1.67. The maximum Gasteiger partial charge on any atom is 0.277 e. The number of hydrogen-bond acceptors (Lipinski definition) is 5. The first kappa shape index (κ1) is 18.9. The Morgan fingerprint density at radius 1 is 1.14 bits per heavy atom. The minimum absolute atomic E-state index is 0.0868. The molecule has 1 aliphatic rings. The van der Waals surface area contributed by atoms with Crippen molar-refractivity contribution in [1.29, 1.82) is 0 Å². The average molecular weight is 388 g/mol. The highest BCUT2D eigenvalue weighted by molar-refractivity contribution is 6.06. The summed E-state index contributed by atoms with van der Waals surface area (Å²) >= 11 is 0. The summed E-state index contributed by atoms with van der Waals surface area (Å²) in [5, 5.41) is 3.31. The second-order valence-electron chi connectivity index (χ2n) is 7.05. The molecule has 0 radical (unpaired) electrons. The number of rotatable bonds is 6. The fourth-order valence-electron chi connectivity index (χ4n) is 3.62. The van der Waals surface area contributed by atoms with E-state index in [2.05, 4.69) is 27.4 Å². The third-order valence-electron chi connectivity index (χ3n) is 5.04. The van der Waals surface area contributed by atoms with Gasteiger partial charge in [-0.05, 0) is 49.1 Å². The van der Waals surface area contributed by atoms with Crippen molar-refractivity contribution in [2.24, 2.45) is 0 Å². The molecule has 1 N–H and O–H groups in total. The van der Waals surface area contributed by atoms with Gasteiger partial charge in [-0.2, -0.15) is 0 Å². The van der Waals surface area contributed by atoms with Gasteiger partial charge in [0.15, 0.2) is 0 Å². The fourth-order valence-corrected chi connectivity index (χ4v) is 3.62. The van der Waals surface area contributed by atoms with E-state index in [9.17, 15) is 4.79 Å². The van der Waals surface area contributed by atoms with Crippen molar-refractivity contribution in [2.45, 2.75) is 19.8 Å². The Balaban J connectivity index is 1.46. The molecule has 1 amide bonds. The van der Waals surface area contributed by atoms with Crippen LogP contribution in [0.1, 0.15) is 27.4 Å². The van der Waals surface area contributed by atoms with Crippen molar-refractivity contribution in [3.8, 4) is 5.75 Å². The van der Waals surface area contributed by atoms with E-state index in [-0.39, 0.29) is 5.91 Å². The molecule has 1 aromatic heterocycles. The third kappa shape index (κ3) is 4.21. The maximum atomic E-state index is 13.1. The molecule has 29 heavy (non-hydrogen) atoms. The molecule has 2 aromatic carbocycles. The highest BCUT2D eigenvalue weighted by Crippen LogP contribution is 2.28. The van der Waals surface area contributed by atoms with Crippen LogP contribution in [0.5, 0.6) is 5.75 Å². The minimum atomic E-state index is -0.0868. The summed E-state index contributed by atoms with van der Waals surface area (Å²) in [4.78, 5) is 23.7. The number of methoxy groups -OCH3 is 1. The van der Waals surface area contributed by atoms with E-state index in [1.165, 1.54) is 11.1 Å². The molecule has 0 atom stereocenters. The number of fused-ring (bicyclic) bond motifs is 1. The molecule has 0 unspecified atom stereocenters. The quantitative estimate of drug-likeness (QED) is 0.698. The Labute approximate surface area is 170 Å². The van der Waals surface area contributed by atoms with Crippen molar-refractivity contribution in [3.05, 3.63) is 77.2 Å². The smallest absolute Gasteiger partial charge is 0.277 e. The lowest BCUT2D eigenvalue weighted by Crippen LogP contribution is -2.30. The van der Waals surface area contributed by atoms with E-state index < -0.39 is 0 Å². The number of nitrogens with zero attached hydrogens (tertiary/aromatic N) is 3. The molecule has 4 rings (SSSR count). The first-order valence-corrected chi connectivity index (χ1v) is 9.76. The van der Waals surface area contributed by atoms with Crippen LogP contribution in [0.4, 0.5) is 11.5 Å². The zero-order valence-corrected chi connectivity index (χ0v) is 16.7. The molecule has 0 saturated carbocycles. The molecule has 0 fully saturated rings. The van der Waals surface area contributed by atoms with Crippen LogP contribution in [0.25, 0.3) is 0 Å². The first-order valence-electron chi connectivity index (χ1n) is 9.76. The van der Waals surface area contributed by atoms with Crippen molar-refractivity contribution in [1.82, 2.24) is 9.97 Å². The number of hydrogen-bond donors (Lipinski definition) is 1. The van der Waals surface area contributed by atoms with Gasteiger partial charge in [0.25, 0.3) is 5.91 Å². The van der Waals surface area contributed by atoms with E-state index in [1.807, 2.05) is 43.3 Å². The molecule has 0 spiro atoms. The molecular weight excluding hydrogens is 364 g/mol. The highest BCUT2D eigenvalue weighted by atomic mass is 16.5. The van der Waals surface area contributed by atoms with Gasteiger partial charge in [-0.1, -0.05) is 30.3 Å². The Bertz CT molecular complexity index is 1030. The monoisotopic (exact) mass is 388 g/mol. The van der Waals surface area contributed by atoms with Crippen LogP contribution >= 0.6 is 0 Å². The summed E-state index contributed by atoms with van der Waals surface area (Å²) < 4.78 is 5.27. The highest BCUT2D eigenvalue weighted by Gasteiger charge is 2.26. The number of aromatic nitrogens is 2. The van der Waals surface area contributed by atoms with Crippen LogP contribution in [-0.4, -0.2) is 36.1 Å². The van der Waals surface area contributed by atoms with E-state index in [0.717, 1.165) is 24.3 Å². The number of amides is 1. The van der Waals surface area contributed by atoms with Crippen LogP contribution < -0.4 is 15.0 Å². The van der Waals surface area contributed by atoms with Gasteiger partial charge in [0.1, 0.15) is 23.1 Å². The van der Waals surface area contributed by atoms with Gasteiger partial charge in [0.05, 0.1) is 7.11 Å². The first-order chi connectivity index (χ1) is 14.1. The SMILES string of the molecule is COc1cccc(CCNc2cc(C(=O)N3CCc4ccccc43)nc(C)n2)c1. The summed E-state index contributed by atoms with van der Waals surface area (Å²) in [6, 6.07) is 17.8. The number of anilines is 2. The number of ether oxygens (including phenoxy) is 1. The molecule has 0 aliphatic carbocycles. The zero-order valence-electron chi connectivity index (χ0n) is 16.7. The molecule has 0 saturated heterocycles. The van der Waals surface area contributed by atoms with Gasteiger partial charge in [0.2, 0.25) is 0 Å². The lowest BCUT2D eigenvalue weighted by molar-refractivity contribution is 0.0984. The fraction of sp³-hybridized carbons (Fsp3) is 0.261. The van der Waals surface area contributed by atoms with Crippen LogP contribution in [0.15, 0.2) is 54.6 Å². The largest absolute Gasteiger partial charge is 0.497 e. The molecule has 6 heteroatoms. The topological polar surface area (TPSA) is 67.3 Å². The Kier molecular flexibility index (Phi) is 5.42. The Morgan fingerprint density at radius 3 is 2.86 bits per heavy atom. The Hall–Kier alpha value is -3.41. The normalized spacial score (nSPS) is 12.6. The predicted molar refractivity (Wildman–Crippen MR) is 114 cm³/mol. The average Bonchev–Trinajstić information content (AvgIpc) is 3.17. The summed E-state index contributed by atoms with van der Waals surface area (Å²) in [6.45, 7) is 3.19. The molecular formula is C23H24N4O2. The second kappa shape index (κ2) is 8.31. The zero-order chi connectivity index (χ0) is 20.2. The minimum Gasteiger partial charge on any atom is -0.497 e. The second-order valence-corrected chi connectivity index (χ2v) is 7.05. The lowest BCUT2D eigenvalue weighted by atomic mass is 10.1. The molecule has 1 aliphatic heterocycles. The molecule has 0 bridgehead atoms. The molecule has 3 aromatic rings. The number of aryl methyl sites for hydroxylation is 1. The maximum absolute atomic E-state index is 13.1. The number of carbonyl (C=O) groups excluding carboxylic acids is 1. The summed E-state index contributed by atoms with van der Waals surface area (Å²) in [5.74, 6) is 2.00.